The number of likely N-dealkylation sites (tertiary alicyclic amines) is 1. The number of anilines is 2. The first-order valence-electron chi connectivity index (χ1n) is 12.2. The van der Waals surface area contributed by atoms with Gasteiger partial charge in [-0.2, -0.15) is 0 Å². The first kappa shape index (κ1) is 23.6. The quantitative estimate of drug-likeness (QED) is 0.685. The molecular formula is C24H38N6O3. The van der Waals surface area contributed by atoms with Crippen LogP contribution in [-0.4, -0.2) is 69.5 Å². The average Bonchev–Trinajstić information content (AvgIpc) is 3.18. The molecule has 0 bridgehead atoms. The summed E-state index contributed by atoms with van der Waals surface area (Å²) < 4.78 is 13.1. The van der Waals surface area contributed by atoms with Gasteiger partial charge in [-0.15, -0.1) is 0 Å². The predicted octanol–water partition coefficient (Wildman–Crippen LogP) is 4.41. The molecule has 2 aliphatic rings. The zero-order valence-corrected chi connectivity index (χ0v) is 20.6. The van der Waals surface area contributed by atoms with Gasteiger partial charge < -0.3 is 29.6 Å². The van der Waals surface area contributed by atoms with Crippen LogP contribution in [0.4, 0.5) is 16.3 Å². The fourth-order valence-electron chi connectivity index (χ4n) is 4.37. The van der Waals surface area contributed by atoms with Gasteiger partial charge in [0.05, 0.1) is 12.0 Å². The van der Waals surface area contributed by atoms with Gasteiger partial charge in [0.2, 0.25) is 0 Å². The van der Waals surface area contributed by atoms with Crippen LogP contribution in [0.5, 0.6) is 0 Å². The Balaban J connectivity index is 1.49. The molecule has 9 heteroatoms. The minimum Gasteiger partial charge on any atom is -0.444 e. The highest BCUT2D eigenvalue weighted by molar-refractivity contribution is 5.88. The number of nitrogens with one attached hydrogen (secondary N) is 2. The van der Waals surface area contributed by atoms with Gasteiger partial charge in [0.15, 0.2) is 5.65 Å². The summed E-state index contributed by atoms with van der Waals surface area (Å²) in [5, 5.41) is 7.31. The van der Waals surface area contributed by atoms with Crippen LogP contribution in [0, 0.1) is 0 Å². The van der Waals surface area contributed by atoms with E-state index >= 15 is 0 Å². The van der Waals surface area contributed by atoms with Gasteiger partial charge >= 0.3 is 6.09 Å². The maximum Gasteiger partial charge on any atom is 0.410 e. The third-order valence-electron chi connectivity index (χ3n) is 6.17. The van der Waals surface area contributed by atoms with Crippen molar-refractivity contribution < 1.29 is 14.3 Å². The van der Waals surface area contributed by atoms with Crippen LogP contribution in [0.2, 0.25) is 0 Å². The lowest BCUT2D eigenvalue weighted by atomic mass is 10.0. The SMILES string of the molecule is CC(C)n1cnc2c(NC3CCN(C(=O)OC(C)(C)C)CC3)cc(NC3CCOCC3)nc21. The Bertz CT molecular complexity index is 953. The summed E-state index contributed by atoms with van der Waals surface area (Å²) in [4.78, 5) is 23.8. The van der Waals surface area contributed by atoms with Crippen molar-refractivity contribution in [2.24, 2.45) is 0 Å². The maximum atomic E-state index is 12.4. The van der Waals surface area contributed by atoms with Crippen LogP contribution in [-0.2, 0) is 9.47 Å². The highest BCUT2D eigenvalue weighted by Gasteiger charge is 2.27. The number of carbonyl (C=O) groups is 1. The third-order valence-corrected chi connectivity index (χ3v) is 6.17. The van der Waals surface area contributed by atoms with E-state index in [-0.39, 0.29) is 18.2 Å². The number of hydrogen-bond acceptors (Lipinski definition) is 7. The Morgan fingerprint density at radius 2 is 1.79 bits per heavy atom. The molecule has 182 valence electrons. The van der Waals surface area contributed by atoms with Gasteiger partial charge in [-0.05, 0) is 60.3 Å². The Kier molecular flexibility index (Phi) is 6.97. The monoisotopic (exact) mass is 458 g/mol. The van der Waals surface area contributed by atoms with Crippen molar-refractivity contribution in [1.29, 1.82) is 0 Å². The van der Waals surface area contributed by atoms with E-state index in [9.17, 15) is 4.79 Å². The van der Waals surface area contributed by atoms with Crippen molar-refractivity contribution in [1.82, 2.24) is 19.4 Å². The minimum absolute atomic E-state index is 0.231. The van der Waals surface area contributed by atoms with E-state index in [1.54, 1.807) is 4.90 Å². The Hall–Kier alpha value is -2.55. The van der Waals surface area contributed by atoms with Gasteiger partial charge in [0.25, 0.3) is 0 Å². The Labute approximate surface area is 196 Å². The summed E-state index contributed by atoms with van der Waals surface area (Å²) in [6, 6.07) is 2.97. The number of amides is 1. The zero-order chi connectivity index (χ0) is 23.6. The highest BCUT2D eigenvalue weighted by atomic mass is 16.6. The molecule has 4 heterocycles. The van der Waals surface area contributed by atoms with E-state index in [0.717, 1.165) is 61.6 Å². The standard InChI is InChI=1S/C24H38N6O3/c1-16(2)30-15-25-21-19(14-20(28-22(21)30)27-18-8-12-32-13-9-18)26-17-6-10-29(11-7-17)23(31)33-24(3,4)5/h14-18H,6-13H2,1-5H3,(H2,26,27,28). The van der Waals surface area contributed by atoms with Crippen molar-refractivity contribution >= 4 is 28.8 Å². The average molecular weight is 459 g/mol. The summed E-state index contributed by atoms with van der Waals surface area (Å²) in [6.45, 7) is 12.9. The molecule has 0 aliphatic carbocycles. The second-order valence-electron chi connectivity index (χ2n) is 10.4. The smallest absolute Gasteiger partial charge is 0.410 e. The first-order valence-corrected chi connectivity index (χ1v) is 12.2. The number of imidazole rings is 1. The topological polar surface area (TPSA) is 93.5 Å². The number of carbonyl (C=O) groups excluding carboxylic acids is 1. The van der Waals surface area contributed by atoms with Gasteiger partial charge in [0.1, 0.15) is 16.9 Å². The summed E-state index contributed by atoms with van der Waals surface area (Å²) in [7, 11) is 0. The van der Waals surface area contributed by atoms with Gasteiger partial charge in [-0.3, -0.25) is 0 Å². The van der Waals surface area contributed by atoms with Crippen molar-refractivity contribution in [3.63, 3.8) is 0 Å². The molecule has 2 N–H and O–H groups in total. The zero-order valence-electron chi connectivity index (χ0n) is 20.6. The normalized spacial score (nSPS) is 18.7. The number of aromatic nitrogens is 3. The third kappa shape index (κ3) is 5.88. The lowest BCUT2D eigenvalue weighted by Gasteiger charge is -2.34. The molecule has 2 aliphatic heterocycles. The van der Waals surface area contributed by atoms with Crippen molar-refractivity contribution in [3.05, 3.63) is 12.4 Å². The van der Waals surface area contributed by atoms with Crippen LogP contribution < -0.4 is 10.6 Å². The number of hydrogen-bond donors (Lipinski definition) is 2. The number of rotatable bonds is 5. The molecule has 4 rings (SSSR count). The van der Waals surface area contributed by atoms with Crippen LogP contribution in [0.15, 0.2) is 12.4 Å². The molecule has 0 spiro atoms. The molecule has 9 nitrogen and oxygen atoms in total. The molecule has 0 atom stereocenters. The van der Waals surface area contributed by atoms with Gasteiger partial charge in [-0.25, -0.2) is 14.8 Å². The molecule has 1 amide bonds. The van der Waals surface area contributed by atoms with Gasteiger partial charge in [-0.1, -0.05) is 0 Å². The lowest BCUT2D eigenvalue weighted by molar-refractivity contribution is 0.0210. The van der Waals surface area contributed by atoms with E-state index in [1.807, 2.05) is 27.1 Å². The first-order chi connectivity index (χ1) is 15.7. The molecule has 33 heavy (non-hydrogen) atoms. The van der Waals surface area contributed by atoms with E-state index in [1.165, 1.54) is 0 Å². The molecule has 0 unspecified atom stereocenters. The molecular weight excluding hydrogens is 420 g/mol. The molecule has 0 aromatic carbocycles. The fourth-order valence-corrected chi connectivity index (χ4v) is 4.37. The van der Waals surface area contributed by atoms with Crippen molar-refractivity contribution in [3.8, 4) is 0 Å². The highest BCUT2D eigenvalue weighted by Crippen LogP contribution is 2.29. The van der Waals surface area contributed by atoms with Crippen LogP contribution in [0.1, 0.15) is 66.3 Å². The summed E-state index contributed by atoms with van der Waals surface area (Å²) >= 11 is 0. The largest absolute Gasteiger partial charge is 0.444 e. The van der Waals surface area contributed by atoms with E-state index in [2.05, 4.69) is 40.1 Å². The van der Waals surface area contributed by atoms with E-state index in [0.29, 0.717) is 19.1 Å². The van der Waals surface area contributed by atoms with Crippen LogP contribution >= 0.6 is 0 Å². The van der Waals surface area contributed by atoms with Crippen molar-refractivity contribution in [2.75, 3.05) is 36.9 Å². The number of nitrogens with zero attached hydrogens (tertiary/aromatic N) is 4. The molecule has 0 saturated carbocycles. The second-order valence-corrected chi connectivity index (χ2v) is 10.4. The number of pyridine rings is 1. The number of ether oxygens (including phenoxy) is 2. The fraction of sp³-hybridized carbons (Fsp3) is 0.708. The molecule has 2 aromatic rings. The van der Waals surface area contributed by atoms with Gasteiger partial charge in [0, 0.05) is 50.5 Å². The lowest BCUT2D eigenvalue weighted by Crippen LogP contribution is -2.44. The minimum atomic E-state index is -0.474. The number of piperidine rings is 1. The van der Waals surface area contributed by atoms with Crippen LogP contribution in [0.25, 0.3) is 11.2 Å². The summed E-state index contributed by atoms with van der Waals surface area (Å²) in [5.41, 5.74) is 2.29. The second kappa shape index (κ2) is 9.75. The predicted molar refractivity (Wildman–Crippen MR) is 130 cm³/mol. The van der Waals surface area contributed by atoms with Crippen LogP contribution in [0.3, 0.4) is 0 Å². The molecule has 2 saturated heterocycles. The summed E-state index contributed by atoms with van der Waals surface area (Å²) in [5.74, 6) is 0.866. The summed E-state index contributed by atoms with van der Waals surface area (Å²) in [6.07, 6.45) is 5.32. The van der Waals surface area contributed by atoms with Crippen molar-refractivity contribution in [2.45, 2.75) is 84.0 Å². The van der Waals surface area contributed by atoms with E-state index < -0.39 is 5.60 Å². The molecule has 2 fully saturated rings. The Morgan fingerprint density at radius 3 is 2.42 bits per heavy atom. The molecule has 0 radical (unpaired) electrons. The number of fused-ring (bicyclic) bond motifs is 1. The van der Waals surface area contributed by atoms with E-state index in [4.69, 9.17) is 14.5 Å². The maximum absolute atomic E-state index is 12.4. The Morgan fingerprint density at radius 1 is 1.12 bits per heavy atom. The molecule has 2 aromatic heterocycles.